The maximum absolute atomic E-state index is 5.88. The van der Waals surface area contributed by atoms with E-state index in [1.54, 1.807) is 11.3 Å². The smallest absolute Gasteiger partial charge is 0.0931 e. The van der Waals surface area contributed by atoms with Gasteiger partial charge in [0.2, 0.25) is 0 Å². The van der Waals surface area contributed by atoms with Crippen molar-refractivity contribution in [2.75, 3.05) is 0 Å². The third kappa shape index (κ3) is 3.08. The highest BCUT2D eigenvalue weighted by Gasteiger charge is 2.04. The second kappa shape index (κ2) is 5.48. The van der Waals surface area contributed by atoms with Gasteiger partial charge < -0.3 is 5.32 Å². The second-order valence-electron chi connectivity index (χ2n) is 3.72. The highest BCUT2D eigenvalue weighted by Crippen LogP contribution is 2.22. The Labute approximate surface area is 105 Å². The molecule has 0 aliphatic rings. The van der Waals surface area contributed by atoms with Gasteiger partial charge in [-0.1, -0.05) is 41.9 Å². The molecule has 0 fully saturated rings. The summed E-state index contributed by atoms with van der Waals surface area (Å²) in [4.78, 5) is 1.27. The Morgan fingerprint density at radius 2 is 1.94 bits per heavy atom. The Balaban J connectivity index is 1.91. The van der Waals surface area contributed by atoms with Crippen LogP contribution in [0.3, 0.4) is 0 Å². The number of benzene rings is 1. The van der Waals surface area contributed by atoms with E-state index in [1.165, 1.54) is 10.4 Å². The van der Waals surface area contributed by atoms with E-state index in [0.717, 1.165) is 10.9 Å². The van der Waals surface area contributed by atoms with Crippen molar-refractivity contribution in [1.82, 2.24) is 5.32 Å². The lowest BCUT2D eigenvalue weighted by atomic mass is 10.1. The molecule has 0 aliphatic heterocycles. The number of thiophene rings is 1. The van der Waals surface area contributed by atoms with Gasteiger partial charge in [-0.05, 0) is 24.6 Å². The van der Waals surface area contributed by atoms with Crippen LogP contribution in [-0.2, 0) is 6.54 Å². The first-order valence-corrected chi connectivity index (χ1v) is 6.47. The summed E-state index contributed by atoms with van der Waals surface area (Å²) >= 11 is 7.51. The van der Waals surface area contributed by atoms with E-state index in [2.05, 4.69) is 42.6 Å². The maximum atomic E-state index is 5.88. The number of nitrogens with one attached hydrogen (secondary N) is 1. The Hall–Kier alpha value is -0.830. The Morgan fingerprint density at radius 1 is 1.19 bits per heavy atom. The molecule has 3 heteroatoms. The summed E-state index contributed by atoms with van der Waals surface area (Å²) in [5.41, 5.74) is 1.31. The van der Waals surface area contributed by atoms with E-state index in [-0.39, 0.29) is 0 Å². The summed E-state index contributed by atoms with van der Waals surface area (Å²) in [6.45, 7) is 3.04. The van der Waals surface area contributed by atoms with Crippen molar-refractivity contribution in [1.29, 1.82) is 0 Å². The monoisotopic (exact) mass is 251 g/mol. The number of hydrogen-bond acceptors (Lipinski definition) is 2. The predicted octanol–water partition coefficient (Wildman–Crippen LogP) is 4.25. The molecular weight excluding hydrogens is 238 g/mol. The molecule has 0 saturated heterocycles. The van der Waals surface area contributed by atoms with Crippen LogP contribution in [0.4, 0.5) is 0 Å². The van der Waals surface area contributed by atoms with Crippen molar-refractivity contribution in [2.45, 2.75) is 19.5 Å². The van der Waals surface area contributed by atoms with Crippen LogP contribution >= 0.6 is 22.9 Å². The SMILES string of the molecule is CC(NCc1ccc(Cl)s1)c1ccccc1. The lowest BCUT2D eigenvalue weighted by molar-refractivity contribution is 0.579. The van der Waals surface area contributed by atoms with E-state index in [4.69, 9.17) is 11.6 Å². The molecule has 0 bridgehead atoms. The minimum Gasteiger partial charge on any atom is -0.305 e. The molecule has 16 heavy (non-hydrogen) atoms. The minimum atomic E-state index is 0.363. The van der Waals surface area contributed by atoms with Gasteiger partial charge in [-0.15, -0.1) is 11.3 Å². The third-order valence-corrected chi connectivity index (χ3v) is 3.74. The molecule has 1 unspecified atom stereocenters. The highest BCUT2D eigenvalue weighted by atomic mass is 35.5. The van der Waals surface area contributed by atoms with Crippen molar-refractivity contribution < 1.29 is 0 Å². The topological polar surface area (TPSA) is 12.0 Å². The average Bonchev–Trinajstić information content (AvgIpc) is 2.73. The lowest BCUT2D eigenvalue weighted by Crippen LogP contribution is -2.17. The van der Waals surface area contributed by atoms with Gasteiger partial charge in [-0.25, -0.2) is 0 Å². The normalized spacial score (nSPS) is 12.6. The Kier molecular flexibility index (Phi) is 3.99. The van der Waals surface area contributed by atoms with Crippen LogP contribution in [0.1, 0.15) is 23.4 Å². The Morgan fingerprint density at radius 3 is 2.56 bits per heavy atom. The van der Waals surface area contributed by atoms with Crippen LogP contribution in [0.2, 0.25) is 4.34 Å². The Bertz CT molecular complexity index is 438. The molecule has 1 atom stereocenters. The van der Waals surface area contributed by atoms with Crippen LogP contribution in [0.15, 0.2) is 42.5 Å². The molecule has 2 aromatic rings. The van der Waals surface area contributed by atoms with Crippen LogP contribution in [-0.4, -0.2) is 0 Å². The van der Waals surface area contributed by atoms with E-state index in [1.807, 2.05) is 12.1 Å². The fourth-order valence-corrected chi connectivity index (χ4v) is 2.60. The van der Waals surface area contributed by atoms with Crippen molar-refractivity contribution in [3.63, 3.8) is 0 Å². The molecular formula is C13H14ClNS. The molecule has 0 aliphatic carbocycles. The number of rotatable bonds is 4. The van der Waals surface area contributed by atoms with Gasteiger partial charge in [-0.3, -0.25) is 0 Å². The van der Waals surface area contributed by atoms with Crippen LogP contribution < -0.4 is 5.32 Å². The summed E-state index contributed by atoms with van der Waals surface area (Å²) in [5, 5.41) is 3.48. The number of halogens is 1. The quantitative estimate of drug-likeness (QED) is 0.857. The molecule has 0 amide bonds. The van der Waals surface area contributed by atoms with Crippen LogP contribution in [0.5, 0.6) is 0 Å². The second-order valence-corrected chi connectivity index (χ2v) is 5.52. The zero-order valence-electron chi connectivity index (χ0n) is 9.11. The minimum absolute atomic E-state index is 0.363. The standard InChI is InChI=1S/C13H14ClNS/c1-10(11-5-3-2-4-6-11)15-9-12-7-8-13(14)16-12/h2-8,10,15H,9H2,1H3. The van der Waals surface area contributed by atoms with Crippen LogP contribution in [0, 0.1) is 0 Å². The molecule has 2 rings (SSSR count). The van der Waals surface area contributed by atoms with Gasteiger partial charge in [0.25, 0.3) is 0 Å². The van der Waals surface area contributed by atoms with E-state index < -0.39 is 0 Å². The van der Waals surface area contributed by atoms with Crippen LogP contribution in [0.25, 0.3) is 0 Å². The zero-order valence-corrected chi connectivity index (χ0v) is 10.7. The summed E-state index contributed by atoms with van der Waals surface area (Å²) in [5.74, 6) is 0. The van der Waals surface area contributed by atoms with Gasteiger partial charge >= 0.3 is 0 Å². The largest absolute Gasteiger partial charge is 0.305 e. The lowest BCUT2D eigenvalue weighted by Gasteiger charge is -2.13. The first-order valence-electron chi connectivity index (χ1n) is 5.28. The summed E-state index contributed by atoms with van der Waals surface area (Å²) in [6, 6.07) is 14.8. The van der Waals surface area contributed by atoms with E-state index in [0.29, 0.717) is 6.04 Å². The van der Waals surface area contributed by atoms with Crippen molar-refractivity contribution in [3.05, 3.63) is 57.2 Å². The molecule has 84 valence electrons. The van der Waals surface area contributed by atoms with Gasteiger partial charge in [0.1, 0.15) is 0 Å². The molecule has 0 radical (unpaired) electrons. The third-order valence-electron chi connectivity index (χ3n) is 2.51. The van der Waals surface area contributed by atoms with Crippen molar-refractivity contribution in [2.24, 2.45) is 0 Å². The predicted molar refractivity (Wildman–Crippen MR) is 71.0 cm³/mol. The molecule has 1 nitrogen and oxygen atoms in total. The maximum Gasteiger partial charge on any atom is 0.0931 e. The van der Waals surface area contributed by atoms with Crippen molar-refractivity contribution >= 4 is 22.9 Å². The average molecular weight is 252 g/mol. The fourth-order valence-electron chi connectivity index (χ4n) is 1.56. The molecule has 1 aromatic heterocycles. The fraction of sp³-hybridized carbons (Fsp3) is 0.231. The van der Waals surface area contributed by atoms with Crippen molar-refractivity contribution in [3.8, 4) is 0 Å². The first-order chi connectivity index (χ1) is 7.75. The highest BCUT2D eigenvalue weighted by molar-refractivity contribution is 7.16. The van der Waals surface area contributed by atoms with Gasteiger partial charge in [0.05, 0.1) is 4.34 Å². The number of hydrogen-bond donors (Lipinski definition) is 1. The van der Waals surface area contributed by atoms with E-state index >= 15 is 0 Å². The van der Waals surface area contributed by atoms with Gasteiger partial charge in [0, 0.05) is 17.5 Å². The summed E-state index contributed by atoms with van der Waals surface area (Å²) in [6.07, 6.45) is 0. The van der Waals surface area contributed by atoms with Gasteiger partial charge in [0.15, 0.2) is 0 Å². The zero-order chi connectivity index (χ0) is 11.4. The molecule has 1 N–H and O–H groups in total. The van der Waals surface area contributed by atoms with E-state index in [9.17, 15) is 0 Å². The summed E-state index contributed by atoms with van der Waals surface area (Å²) < 4.78 is 0.851. The molecule has 0 spiro atoms. The summed E-state index contributed by atoms with van der Waals surface area (Å²) in [7, 11) is 0. The van der Waals surface area contributed by atoms with Gasteiger partial charge in [-0.2, -0.15) is 0 Å². The first kappa shape index (κ1) is 11.6. The molecule has 0 saturated carbocycles. The molecule has 1 heterocycles. The molecule has 1 aromatic carbocycles.